The summed E-state index contributed by atoms with van der Waals surface area (Å²) in [6.07, 6.45) is 1.33. The molecule has 0 radical (unpaired) electrons. The van der Waals surface area contributed by atoms with Gasteiger partial charge in [0, 0.05) is 12.3 Å². The maximum absolute atomic E-state index is 11.9. The van der Waals surface area contributed by atoms with Crippen molar-refractivity contribution in [1.82, 2.24) is 4.68 Å². The van der Waals surface area contributed by atoms with Gasteiger partial charge in [0.25, 0.3) is 0 Å². The Bertz CT molecular complexity index is 1480. The topological polar surface area (TPSA) is 91.6 Å². The van der Waals surface area contributed by atoms with Gasteiger partial charge in [0.05, 0.1) is 6.04 Å². The number of aromatic carboxylic acids is 1. The highest BCUT2D eigenvalue weighted by Gasteiger charge is 2.23. The maximum atomic E-state index is 11.9. The first-order chi connectivity index (χ1) is 16.0. The van der Waals surface area contributed by atoms with Gasteiger partial charge < -0.3 is 15.6 Å². The van der Waals surface area contributed by atoms with Crippen LogP contribution in [0, 0.1) is 0 Å². The van der Waals surface area contributed by atoms with Crippen molar-refractivity contribution in [2.45, 2.75) is 6.04 Å². The van der Waals surface area contributed by atoms with E-state index in [4.69, 9.17) is 0 Å². The van der Waals surface area contributed by atoms with E-state index in [1.54, 1.807) is 0 Å². The van der Waals surface area contributed by atoms with E-state index < -0.39 is 28.9 Å². The third kappa shape index (κ3) is 3.57. The molecule has 0 aliphatic rings. The zero-order chi connectivity index (χ0) is 22.9. The summed E-state index contributed by atoms with van der Waals surface area (Å²) in [6, 6.07) is 28.5. The molecule has 0 aliphatic carbocycles. The summed E-state index contributed by atoms with van der Waals surface area (Å²) in [4.78, 5) is 23.8. The normalized spacial score (nSPS) is 11.2. The Hall–Kier alpha value is -4.58. The van der Waals surface area contributed by atoms with Gasteiger partial charge in [-0.05, 0) is 32.7 Å². The molecule has 0 aliphatic heterocycles. The van der Waals surface area contributed by atoms with Crippen molar-refractivity contribution in [3.63, 3.8) is 0 Å². The number of hydrogen-bond donors (Lipinski definition) is 3. The number of aromatic hydroxyl groups is 1. The smallest absolute Gasteiger partial charge is 0.358 e. The van der Waals surface area contributed by atoms with Crippen LogP contribution >= 0.6 is 0 Å². The van der Waals surface area contributed by atoms with Crippen LogP contribution in [0.2, 0.25) is 0 Å². The molecule has 6 heteroatoms. The number of rotatable bonds is 5. The number of fused-ring (bicyclic) bond motifs is 2. The summed E-state index contributed by atoms with van der Waals surface area (Å²) in [7, 11) is 0. The zero-order valence-electron chi connectivity index (χ0n) is 17.5. The Morgan fingerprint density at radius 1 is 0.758 bits per heavy atom. The van der Waals surface area contributed by atoms with Crippen molar-refractivity contribution >= 4 is 27.5 Å². The van der Waals surface area contributed by atoms with Crippen LogP contribution in [0.4, 0.5) is 0 Å². The molecule has 0 unspecified atom stereocenters. The molecule has 162 valence electrons. The zero-order valence-corrected chi connectivity index (χ0v) is 17.5. The lowest BCUT2D eigenvalue weighted by molar-refractivity contribution is 0.0681. The molecule has 0 fully saturated rings. The second-order valence-electron chi connectivity index (χ2n) is 7.75. The van der Waals surface area contributed by atoms with Crippen molar-refractivity contribution in [2.75, 3.05) is 5.43 Å². The van der Waals surface area contributed by atoms with Gasteiger partial charge >= 0.3 is 5.97 Å². The molecule has 0 saturated heterocycles. The van der Waals surface area contributed by atoms with Crippen molar-refractivity contribution in [3.8, 4) is 5.75 Å². The Kier molecular flexibility index (Phi) is 5.03. The first kappa shape index (κ1) is 20.3. The number of carboxylic acid groups (broad SMARTS) is 1. The van der Waals surface area contributed by atoms with E-state index in [1.807, 2.05) is 84.9 Å². The van der Waals surface area contributed by atoms with E-state index in [0.717, 1.165) is 38.7 Å². The minimum Gasteiger partial charge on any atom is -0.502 e. The van der Waals surface area contributed by atoms with Crippen LogP contribution < -0.4 is 10.9 Å². The number of benzene rings is 4. The predicted octanol–water partition coefficient (Wildman–Crippen LogP) is 4.89. The molecule has 0 bridgehead atoms. The lowest BCUT2D eigenvalue weighted by Gasteiger charge is -2.26. The standard InChI is InChI=1S/C27H20N2O4/c30-23-15-16-29(25(26(23)31)27(32)33)28-24(21-13-5-9-17-7-1-3-11-19(17)21)22-14-6-10-18-8-2-4-12-20(18)22/h1-16,24,28,31H,(H,32,33). The predicted molar refractivity (Wildman–Crippen MR) is 128 cm³/mol. The Labute approximate surface area is 188 Å². The Morgan fingerprint density at radius 3 is 1.82 bits per heavy atom. The number of hydrogen-bond acceptors (Lipinski definition) is 4. The number of carboxylic acids is 1. The second kappa shape index (κ2) is 8.16. The van der Waals surface area contributed by atoms with Crippen LogP contribution in [-0.4, -0.2) is 20.9 Å². The highest BCUT2D eigenvalue weighted by molar-refractivity contribution is 5.91. The van der Waals surface area contributed by atoms with Crippen LogP contribution in [0.5, 0.6) is 5.75 Å². The molecule has 0 atom stereocenters. The molecular weight excluding hydrogens is 416 g/mol. The molecule has 6 nitrogen and oxygen atoms in total. The number of pyridine rings is 1. The van der Waals surface area contributed by atoms with Gasteiger partial charge in [0.2, 0.25) is 5.43 Å². The van der Waals surface area contributed by atoms with E-state index in [0.29, 0.717) is 0 Å². The molecule has 33 heavy (non-hydrogen) atoms. The van der Waals surface area contributed by atoms with Gasteiger partial charge in [-0.3, -0.25) is 9.47 Å². The summed E-state index contributed by atoms with van der Waals surface area (Å²) in [5.74, 6) is -2.22. The average Bonchev–Trinajstić information content (AvgIpc) is 2.84. The summed E-state index contributed by atoms with van der Waals surface area (Å²) in [5, 5.41) is 24.0. The Morgan fingerprint density at radius 2 is 1.27 bits per heavy atom. The fourth-order valence-corrected chi connectivity index (χ4v) is 4.29. The summed E-state index contributed by atoms with van der Waals surface area (Å²) in [5.41, 5.74) is 3.84. The number of nitrogens with one attached hydrogen (secondary N) is 1. The lowest BCUT2D eigenvalue weighted by Crippen LogP contribution is -2.28. The van der Waals surface area contributed by atoms with Gasteiger partial charge in [-0.2, -0.15) is 0 Å². The van der Waals surface area contributed by atoms with Crippen LogP contribution in [0.25, 0.3) is 21.5 Å². The summed E-state index contributed by atoms with van der Waals surface area (Å²) < 4.78 is 1.20. The second-order valence-corrected chi connectivity index (χ2v) is 7.75. The summed E-state index contributed by atoms with van der Waals surface area (Å²) >= 11 is 0. The van der Waals surface area contributed by atoms with Crippen LogP contribution in [0.3, 0.4) is 0 Å². The molecule has 1 aromatic heterocycles. The molecule has 0 spiro atoms. The monoisotopic (exact) mass is 436 g/mol. The third-order valence-electron chi connectivity index (χ3n) is 5.81. The van der Waals surface area contributed by atoms with Gasteiger partial charge in [0.15, 0.2) is 11.4 Å². The molecule has 3 N–H and O–H groups in total. The van der Waals surface area contributed by atoms with E-state index >= 15 is 0 Å². The van der Waals surface area contributed by atoms with Crippen LogP contribution in [-0.2, 0) is 0 Å². The van der Waals surface area contributed by atoms with Crippen molar-refractivity contribution in [1.29, 1.82) is 0 Å². The number of aromatic nitrogens is 1. The largest absolute Gasteiger partial charge is 0.502 e. The van der Waals surface area contributed by atoms with Crippen LogP contribution in [0.1, 0.15) is 27.7 Å². The number of nitrogens with zero attached hydrogens (tertiary/aromatic N) is 1. The van der Waals surface area contributed by atoms with Gasteiger partial charge in [-0.1, -0.05) is 84.9 Å². The highest BCUT2D eigenvalue weighted by Crippen LogP contribution is 2.34. The first-order valence-electron chi connectivity index (χ1n) is 10.4. The molecule has 1 heterocycles. The average molecular weight is 436 g/mol. The van der Waals surface area contributed by atoms with Crippen molar-refractivity contribution in [3.05, 3.63) is 124 Å². The fraction of sp³-hybridized carbons (Fsp3) is 0.0370. The molecule has 0 saturated carbocycles. The quantitative estimate of drug-likeness (QED) is 0.365. The fourth-order valence-electron chi connectivity index (χ4n) is 4.29. The minimum absolute atomic E-state index is 0.484. The highest BCUT2D eigenvalue weighted by atomic mass is 16.4. The molecule has 0 amide bonds. The van der Waals surface area contributed by atoms with Gasteiger partial charge in [-0.25, -0.2) is 4.79 Å². The third-order valence-corrected chi connectivity index (χ3v) is 5.81. The SMILES string of the molecule is O=C(O)c1c(O)c(=O)ccn1NC(c1cccc2ccccc12)c1cccc2ccccc12. The molecule has 4 aromatic carbocycles. The van der Waals surface area contributed by atoms with E-state index in [1.165, 1.54) is 10.9 Å². The first-order valence-corrected chi connectivity index (χ1v) is 10.4. The van der Waals surface area contributed by atoms with Gasteiger partial charge in [-0.15, -0.1) is 0 Å². The molecule has 5 rings (SSSR count). The number of carbonyl (C=O) groups is 1. The molecular formula is C27H20N2O4. The van der Waals surface area contributed by atoms with Gasteiger partial charge in [0.1, 0.15) is 0 Å². The van der Waals surface area contributed by atoms with Crippen molar-refractivity contribution < 1.29 is 15.0 Å². The van der Waals surface area contributed by atoms with E-state index in [-0.39, 0.29) is 0 Å². The maximum Gasteiger partial charge on any atom is 0.358 e. The summed E-state index contributed by atoms with van der Waals surface area (Å²) in [6.45, 7) is 0. The van der Waals surface area contributed by atoms with Crippen LogP contribution in [0.15, 0.2) is 102 Å². The minimum atomic E-state index is -1.41. The molecule has 5 aromatic rings. The van der Waals surface area contributed by atoms with Crippen molar-refractivity contribution in [2.24, 2.45) is 0 Å². The van der Waals surface area contributed by atoms with E-state index in [9.17, 15) is 19.8 Å². The lowest BCUT2D eigenvalue weighted by atomic mass is 9.91. The Balaban J connectivity index is 1.79. The van der Waals surface area contributed by atoms with E-state index in [2.05, 4.69) is 5.43 Å².